The van der Waals surface area contributed by atoms with Crippen LogP contribution in [0.2, 0.25) is 5.02 Å². The van der Waals surface area contributed by atoms with Crippen LogP contribution in [0, 0.1) is 0 Å². The third-order valence-electron chi connectivity index (χ3n) is 2.08. The van der Waals surface area contributed by atoms with Crippen molar-refractivity contribution in [2.24, 2.45) is 0 Å². The molecule has 18 heavy (non-hydrogen) atoms. The van der Waals surface area contributed by atoms with Gasteiger partial charge < -0.3 is 10.1 Å². The molecule has 0 atom stereocenters. The number of nitrogens with one attached hydrogen (secondary N) is 1. The van der Waals surface area contributed by atoms with E-state index in [4.69, 9.17) is 16.3 Å². The van der Waals surface area contributed by atoms with Gasteiger partial charge in [-0.2, -0.15) is 4.98 Å². The van der Waals surface area contributed by atoms with E-state index in [0.717, 1.165) is 11.0 Å². The maximum Gasteiger partial charge on any atom is 0.239 e. The molecule has 1 aromatic heterocycles. The lowest BCUT2D eigenvalue weighted by atomic mass is 10.3. The van der Waals surface area contributed by atoms with E-state index in [0.29, 0.717) is 22.5 Å². The van der Waals surface area contributed by atoms with Crippen molar-refractivity contribution >= 4 is 33.3 Å². The van der Waals surface area contributed by atoms with Crippen molar-refractivity contribution in [1.29, 1.82) is 0 Å². The molecular weight excluding hydrogens is 318 g/mol. The molecule has 1 aromatic carbocycles. The third-order valence-corrected chi connectivity index (χ3v) is 2.93. The molecule has 2 rings (SSSR count). The van der Waals surface area contributed by atoms with Gasteiger partial charge in [0.15, 0.2) is 0 Å². The molecule has 0 fully saturated rings. The zero-order valence-corrected chi connectivity index (χ0v) is 12.0. The molecule has 0 unspecified atom stereocenters. The molecule has 4 nitrogen and oxygen atoms in total. The Bertz CT molecular complexity index is 551. The normalized spacial score (nSPS) is 10.2. The van der Waals surface area contributed by atoms with Crippen molar-refractivity contribution in [2.75, 3.05) is 11.9 Å². The van der Waals surface area contributed by atoms with Gasteiger partial charge in [0, 0.05) is 11.6 Å². The number of nitrogens with zero attached hydrogens (tertiary/aromatic N) is 2. The average molecular weight is 329 g/mol. The predicted molar refractivity (Wildman–Crippen MR) is 75.4 cm³/mol. The van der Waals surface area contributed by atoms with Gasteiger partial charge in [0.05, 0.1) is 16.9 Å². The van der Waals surface area contributed by atoms with Crippen LogP contribution < -0.4 is 10.1 Å². The molecule has 0 saturated carbocycles. The zero-order valence-electron chi connectivity index (χ0n) is 9.65. The molecule has 1 heterocycles. The average Bonchev–Trinajstić information content (AvgIpc) is 2.34. The van der Waals surface area contributed by atoms with Gasteiger partial charge in [-0.05, 0) is 41.1 Å². The Hall–Kier alpha value is -1.33. The Balaban J connectivity index is 2.20. The maximum atomic E-state index is 5.86. The van der Waals surface area contributed by atoms with Crippen molar-refractivity contribution in [2.45, 2.75) is 6.92 Å². The number of aromatic nitrogens is 2. The van der Waals surface area contributed by atoms with Crippen molar-refractivity contribution < 1.29 is 4.74 Å². The van der Waals surface area contributed by atoms with Gasteiger partial charge >= 0.3 is 0 Å². The van der Waals surface area contributed by atoms with Gasteiger partial charge in [0.2, 0.25) is 5.88 Å². The van der Waals surface area contributed by atoms with Crippen LogP contribution in [0.15, 0.2) is 35.1 Å². The Labute approximate surface area is 118 Å². The van der Waals surface area contributed by atoms with Crippen LogP contribution in [0.4, 0.5) is 5.82 Å². The molecule has 0 amide bonds. The Morgan fingerprint density at radius 1 is 1.39 bits per heavy atom. The number of rotatable bonds is 4. The summed E-state index contributed by atoms with van der Waals surface area (Å²) in [5.74, 6) is 1.75. The van der Waals surface area contributed by atoms with E-state index in [1.54, 1.807) is 30.6 Å². The molecule has 0 aliphatic rings. The van der Waals surface area contributed by atoms with Gasteiger partial charge in [0.25, 0.3) is 0 Å². The Kier molecular flexibility index (Phi) is 4.38. The van der Waals surface area contributed by atoms with Crippen LogP contribution in [0.5, 0.6) is 11.6 Å². The first-order chi connectivity index (χ1) is 8.69. The Morgan fingerprint density at radius 3 is 2.94 bits per heavy atom. The summed E-state index contributed by atoms with van der Waals surface area (Å²) < 4.78 is 6.40. The van der Waals surface area contributed by atoms with E-state index in [-0.39, 0.29) is 0 Å². The maximum absolute atomic E-state index is 5.86. The predicted octanol–water partition coefficient (Wildman–Crippen LogP) is 4.12. The van der Waals surface area contributed by atoms with E-state index in [2.05, 4.69) is 31.2 Å². The highest BCUT2D eigenvalue weighted by Crippen LogP contribution is 2.31. The van der Waals surface area contributed by atoms with Crippen molar-refractivity contribution in [3.05, 3.63) is 40.1 Å². The summed E-state index contributed by atoms with van der Waals surface area (Å²) in [6.07, 6.45) is 3.20. The van der Waals surface area contributed by atoms with Crippen molar-refractivity contribution in [3.63, 3.8) is 0 Å². The van der Waals surface area contributed by atoms with Crippen molar-refractivity contribution in [3.8, 4) is 11.6 Å². The van der Waals surface area contributed by atoms with Crippen LogP contribution in [0.25, 0.3) is 0 Å². The van der Waals surface area contributed by atoms with Crippen LogP contribution >= 0.6 is 27.5 Å². The van der Waals surface area contributed by atoms with Gasteiger partial charge in [0.1, 0.15) is 11.6 Å². The van der Waals surface area contributed by atoms with Gasteiger partial charge in [-0.25, -0.2) is 0 Å². The minimum Gasteiger partial charge on any atom is -0.436 e. The molecule has 0 spiro atoms. The first kappa shape index (κ1) is 13.1. The largest absolute Gasteiger partial charge is 0.436 e. The lowest BCUT2D eigenvalue weighted by molar-refractivity contribution is 0.458. The molecule has 6 heteroatoms. The van der Waals surface area contributed by atoms with Crippen LogP contribution in [-0.2, 0) is 0 Å². The van der Waals surface area contributed by atoms with Crippen molar-refractivity contribution in [1.82, 2.24) is 9.97 Å². The number of hydrogen-bond acceptors (Lipinski definition) is 4. The summed E-state index contributed by atoms with van der Waals surface area (Å²) in [5.41, 5.74) is 0. The van der Waals surface area contributed by atoms with E-state index < -0.39 is 0 Å². The molecular formula is C12H11BrClN3O. The van der Waals surface area contributed by atoms with Gasteiger partial charge in [-0.1, -0.05) is 11.6 Å². The number of hydrogen-bond donors (Lipinski definition) is 1. The summed E-state index contributed by atoms with van der Waals surface area (Å²) in [6, 6.07) is 5.29. The van der Waals surface area contributed by atoms with E-state index in [1.165, 1.54) is 0 Å². The molecule has 2 aromatic rings. The summed E-state index contributed by atoms with van der Waals surface area (Å²) >= 11 is 9.24. The van der Waals surface area contributed by atoms with Crippen LogP contribution in [-0.4, -0.2) is 16.5 Å². The third kappa shape index (κ3) is 3.34. The van der Waals surface area contributed by atoms with Crippen LogP contribution in [0.1, 0.15) is 6.92 Å². The molecule has 94 valence electrons. The van der Waals surface area contributed by atoms with E-state index >= 15 is 0 Å². The molecule has 0 aliphatic carbocycles. The molecule has 0 aliphatic heterocycles. The second-order valence-electron chi connectivity index (χ2n) is 3.45. The summed E-state index contributed by atoms with van der Waals surface area (Å²) in [4.78, 5) is 8.33. The fraction of sp³-hybridized carbons (Fsp3) is 0.167. The Morgan fingerprint density at radius 2 is 2.22 bits per heavy atom. The van der Waals surface area contributed by atoms with Gasteiger partial charge in [-0.3, -0.25) is 4.98 Å². The van der Waals surface area contributed by atoms with Crippen LogP contribution in [0.3, 0.4) is 0 Å². The SMILES string of the molecule is CCNc1cncc(Oc2ccc(Cl)cc2Br)n1. The topological polar surface area (TPSA) is 47.0 Å². The molecule has 0 saturated heterocycles. The van der Waals surface area contributed by atoms with E-state index in [1.807, 2.05) is 6.92 Å². The standard InChI is InChI=1S/C12H11BrClN3O/c1-2-16-11-6-15-7-12(17-11)18-10-4-3-8(14)5-9(10)13/h3-7H,2H2,1H3,(H,16,17). The first-order valence-corrected chi connectivity index (χ1v) is 6.55. The second kappa shape index (κ2) is 6.02. The molecule has 1 N–H and O–H groups in total. The summed E-state index contributed by atoms with van der Waals surface area (Å²) in [6.45, 7) is 2.77. The second-order valence-corrected chi connectivity index (χ2v) is 4.74. The summed E-state index contributed by atoms with van der Waals surface area (Å²) in [5, 5.41) is 3.71. The summed E-state index contributed by atoms with van der Waals surface area (Å²) in [7, 11) is 0. The number of benzene rings is 1. The van der Waals surface area contributed by atoms with E-state index in [9.17, 15) is 0 Å². The fourth-order valence-corrected chi connectivity index (χ4v) is 2.10. The fourth-order valence-electron chi connectivity index (χ4n) is 1.33. The number of halogens is 2. The minimum atomic E-state index is 0.427. The lowest BCUT2D eigenvalue weighted by Gasteiger charge is -2.08. The first-order valence-electron chi connectivity index (χ1n) is 5.38. The smallest absolute Gasteiger partial charge is 0.239 e. The highest BCUT2D eigenvalue weighted by Gasteiger charge is 2.05. The monoisotopic (exact) mass is 327 g/mol. The zero-order chi connectivity index (χ0) is 13.0. The molecule has 0 radical (unpaired) electrons. The van der Waals surface area contributed by atoms with Gasteiger partial charge in [-0.15, -0.1) is 0 Å². The minimum absolute atomic E-state index is 0.427. The molecule has 0 bridgehead atoms. The highest BCUT2D eigenvalue weighted by molar-refractivity contribution is 9.10. The number of ether oxygens (including phenoxy) is 1. The number of anilines is 1. The lowest BCUT2D eigenvalue weighted by Crippen LogP contribution is -2.00. The quantitative estimate of drug-likeness (QED) is 0.917. The highest BCUT2D eigenvalue weighted by atomic mass is 79.9.